The van der Waals surface area contributed by atoms with Gasteiger partial charge in [0.15, 0.2) is 0 Å². The van der Waals surface area contributed by atoms with E-state index in [-0.39, 0.29) is 23.8 Å². The summed E-state index contributed by atoms with van der Waals surface area (Å²) in [5, 5.41) is 6.44. The predicted octanol–water partition coefficient (Wildman–Crippen LogP) is 2.93. The van der Waals surface area contributed by atoms with Gasteiger partial charge in [0.05, 0.1) is 25.4 Å². The quantitative estimate of drug-likeness (QED) is 0.685. The van der Waals surface area contributed by atoms with Crippen molar-refractivity contribution in [2.24, 2.45) is 11.0 Å². The average Bonchev–Trinajstić information content (AvgIpc) is 3.62. The van der Waals surface area contributed by atoms with E-state index in [1.54, 1.807) is 12.1 Å². The summed E-state index contributed by atoms with van der Waals surface area (Å²) < 4.78 is 5.30. The molecule has 2 aromatic rings. The van der Waals surface area contributed by atoms with Gasteiger partial charge in [-0.2, -0.15) is 5.10 Å². The van der Waals surface area contributed by atoms with Crippen LogP contribution in [0.2, 0.25) is 0 Å². The highest BCUT2D eigenvalue weighted by molar-refractivity contribution is 6.03. The van der Waals surface area contributed by atoms with Crippen molar-refractivity contribution in [1.82, 2.24) is 14.8 Å². The van der Waals surface area contributed by atoms with Crippen LogP contribution in [0.1, 0.15) is 36.4 Å². The topological polar surface area (TPSA) is 65.5 Å². The Labute approximate surface area is 194 Å². The van der Waals surface area contributed by atoms with Crippen molar-refractivity contribution >= 4 is 17.5 Å². The van der Waals surface area contributed by atoms with Crippen molar-refractivity contribution in [3.63, 3.8) is 0 Å². The van der Waals surface area contributed by atoms with Crippen molar-refractivity contribution < 1.29 is 14.3 Å². The fourth-order valence-electron chi connectivity index (χ4n) is 4.61. The first-order valence-corrected chi connectivity index (χ1v) is 11.7. The zero-order chi connectivity index (χ0) is 22.8. The zero-order valence-electron chi connectivity index (χ0n) is 19.0. The molecule has 7 heteroatoms. The number of hydrogen-bond donors (Lipinski definition) is 0. The molecule has 3 aliphatic rings. The summed E-state index contributed by atoms with van der Waals surface area (Å²) in [6, 6.07) is 17.8. The molecule has 2 fully saturated rings. The lowest BCUT2D eigenvalue weighted by Crippen LogP contribution is -2.51. The van der Waals surface area contributed by atoms with Gasteiger partial charge in [-0.25, -0.2) is 5.01 Å². The summed E-state index contributed by atoms with van der Waals surface area (Å²) in [5.41, 5.74) is 3.00. The van der Waals surface area contributed by atoms with Gasteiger partial charge < -0.3 is 9.64 Å². The minimum absolute atomic E-state index is 0.0104. The van der Waals surface area contributed by atoms with Crippen molar-refractivity contribution in [1.29, 1.82) is 0 Å². The number of rotatable bonds is 6. The second-order valence-electron chi connectivity index (χ2n) is 9.02. The lowest BCUT2D eigenvalue weighted by molar-refractivity contribution is -0.136. The lowest BCUT2D eigenvalue weighted by Gasteiger charge is -2.35. The number of ether oxygens (including phenoxy) is 1. The van der Waals surface area contributed by atoms with Crippen LogP contribution in [0.5, 0.6) is 5.75 Å². The van der Waals surface area contributed by atoms with Crippen molar-refractivity contribution in [2.45, 2.75) is 25.3 Å². The maximum Gasteiger partial charge on any atom is 0.257 e. The molecule has 2 aromatic carbocycles. The Morgan fingerprint density at radius 2 is 1.67 bits per heavy atom. The lowest BCUT2D eigenvalue weighted by atomic mass is 9.98. The Hall–Kier alpha value is -3.19. The summed E-state index contributed by atoms with van der Waals surface area (Å²) in [5.74, 6) is 1.32. The number of methoxy groups -OCH3 is 1. The fraction of sp³-hybridized carbons (Fsp3) is 0.423. The van der Waals surface area contributed by atoms with Gasteiger partial charge in [0.25, 0.3) is 5.91 Å². The first kappa shape index (κ1) is 21.6. The number of piperazine rings is 1. The minimum Gasteiger partial charge on any atom is -0.497 e. The Morgan fingerprint density at radius 1 is 0.970 bits per heavy atom. The number of carbonyl (C=O) groups excluding carboxylic acids is 2. The van der Waals surface area contributed by atoms with Crippen LogP contribution in [-0.4, -0.2) is 72.2 Å². The van der Waals surface area contributed by atoms with E-state index in [0.29, 0.717) is 26.1 Å². The van der Waals surface area contributed by atoms with Crippen molar-refractivity contribution in [2.75, 3.05) is 39.8 Å². The first-order valence-electron chi connectivity index (χ1n) is 11.7. The second-order valence-corrected chi connectivity index (χ2v) is 9.02. The molecule has 0 spiro atoms. The average molecular weight is 447 g/mol. The number of hydrogen-bond acceptors (Lipinski definition) is 5. The molecule has 172 valence electrons. The molecule has 5 rings (SSSR count). The van der Waals surface area contributed by atoms with Gasteiger partial charge in [0.1, 0.15) is 5.75 Å². The monoisotopic (exact) mass is 446 g/mol. The molecule has 1 aliphatic carbocycles. The van der Waals surface area contributed by atoms with Crippen LogP contribution in [0.3, 0.4) is 0 Å². The van der Waals surface area contributed by atoms with Crippen LogP contribution in [0.25, 0.3) is 0 Å². The molecule has 0 aromatic heterocycles. The van der Waals surface area contributed by atoms with Gasteiger partial charge in [-0.05, 0) is 36.1 Å². The maximum atomic E-state index is 13.4. The van der Waals surface area contributed by atoms with E-state index in [2.05, 4.69) is 4.90 Å². The molecule has 0 N–H and O–H groups in total. The number of hydrazone groups is 1. The van der Waals surface area contributed by atoms with Crippen LogP contribution < -0.4 is 4.74 Å². The zero-order valence-corrected chi connectivity index (χ0v) is 19.0. The van der Waals surface area contributed by atoms with E-state index in [1.165, 1.54) is 0 Å². The Kier molecular flexibility index (Phi) is 6.13. The van der Waals surface area contributed by atoms with Gasteiger partial charge in [-0.3, -0.25) is 14.5 Å². The smallest absolute Gasteiger partial charge is 0.257 e. The molecule has 1 saturated carbocycles. The highest BCUT2D eigenvalue weighted by Gasteiger charge is 2.36. The van der Waals surface area contributed by atoms with E-state index in [1.807, 2.05) is 59.5 Å². The largest absolute Gasteiger partial charge is 0.497 e. The molecule has 1 saturated heterocycles. The molecule has 7 nitrogen and oxygen atoms in total. The third-order valence-electron chi connectivity index (χ3n) is 6.74. The normalized spacial score (nSPS) is 21.1. The molecule has 1 atom stereocenters. The number of carbonyl (C=O) groups is 2. The summed E-state index contributed by atoms with van der Waals surface area (Å²) in [6.07, 6.45) is 2.73. The number of benzene rings is 2. The molecular formula is C26H30N4O3. The van der Waals surface area contributed by atoms with Crippen LogP contribution in [-0.2, 0) is 9.59 Å². The molecule has 33 heavy (non-hydrogen) atoms. The minimum atomic E-state index is -0.142. The van der Waals surface area contributed by atoms with Gasteiger partial charge in [-0.1, -0.05) is 42.5 Å². The number of nitrogens with zero attached hydrogens (tertiary/aromatic N) is 4. The van der Waals surface area contributed by atoms with E-state index < -0.39 is 0 Å². The highest BCUT2D eigenvalue weighted by Crippen LogP contribution is 2.34. The predicted molar refractivity (Wildman–Crippen MR) is 126 cm³/mol. The summed E-state index contributed by atoms with van der Waals surface area (Å²) >= 11 is 0. The summed E-state index contributed by atoms with van der Waals surface area (Å²) in [4.78, 5) is 29.8. The van der Waals surface area contributed by atoms with Crippen molar-refractivity contribution in [3.8, 4) is 5.75 Å². The van der Waals surface area contributed by atoms with Crippen LogP contribution in [0, 0.1) is 5.92 Å². The SMILES string of the molecule is COc1ccc([C@@H]2CC(c3ccccc3)=NN2C(=O)CN2CCN(C(=O)C3CC3)CC2)cc1. The second kappa shape index (κ2) is 9.35. The molecule has 0 bridgehead atoms. The summed E-state index contributed by atoms with van der Waals surface area (Å²) in [7, 11) is 1.65. The Morgan fingerprint density at radius 3 is 2.30 bits per heavy atom. The molecule has 2 amide bonds. The Balaban J connectivity index is 1.29. The molecular weight excluding hydrogens is 416 g/mol. The maximum absolute atomic E-state index is 13.4. The van der Waals surface area contributed by atoms with E-state index in [0.717, 1.165) is 48.5 Å². The summed E-state index contributed by atoms with van der Waals surface area (Å²) in [6.45, 7) is 3.15. The first-order chi connectivity index (χ1) is 16.1. The van der Waals surface area contributed by atoms with Gasteiger partial charge >= 0.3 is 0 Å². The van der Waals surface area contributed by atoms with Gasteiger partial charge in [0.2, 0.25) is 5.91 Å². The van der Waals surface area contributed by atoms with Crippen LogP contribution in [0.4, 0.5) is 0 Å². The van der Waals surface area contributed by atoms with Gasteiger partial charge in [0, 0.05) is 38.5 Å². The molecule has 0 radical (unpaired) electrons. The molecule has 2 aliphatic heterocycles. The van der Waals surface area contributed by atoms with Crippen molar-refractivity contribution in [3.05, 3.63) is 65.7 Å². The third kappa shape index (κ3) is 4.78. The van der Waals surface area contributed by atoms with E-state index >= 15 is 0 Å². The van der Waals surface area contributed by atoms with E-state index in [9.17, 15) is 9.59 Å². The molecule has 2 heterocycles. The van der Waals surface area contributed by atoms with Gasteiger partial charge in [-0.15, -0.1) is 0 Å². The highest BCUT2D eigenvalue weighted by atomic mass is 16.5. The standard InChI is InChI=1S/C26H30N4O3/c1-33-22-11-9-20(10-12-22)24-17-23(19-5-3-2-4-6-19)27-30(24)25(31)18-28-13-15-29(16-14-28)26(32)21-7-8-21/h2-6,9-12,21,24H,7-8,13-18H2,1H3/t24-/m0/s1. The van der Waals surface area contributed by atoms with Crippen LogP contribution >= 0.6 is 0 Å². The molecule has 0 unspecified atom stereocenters. The Bertz CT molecular complexity index is 1030. The van der Waals surface area contributed by atoms with Crippen LogP contribution in [0.15, 0.2) is 59.7 Å². The fourth-order valence-corrected chi connectivity index (χ4v) is 4.61. The third-order valence-corrected chi connectivity index (χ3v) is 6.74. The van der Waals surface area contributed by atoms with E-state index in [4.69, 9.17) is 9.84 Å². The number of amides is 2.